The van der Waals surface area contributed by atoms with Crippen molar-refractivity contribution in [3.05, 3.63) is 64.0 Å². The van der Waals surface area contributed by atoms with Crippen LogP contribution >= 0.6 is 11.3 Å². The van der Waals surface area contributed by atoms with Gasteiger partial charge in [0.15, 0.2) is 0 Å². The van der Waals surface area contributed by atoms with E-state index in [-0.39, 0.29) is 5.56 Å². The topological polar surface area (TPSA) is 50.2 Å². The highest BCUT2D eigenvalue weighted by Crippen LogP contribution is 2.17. The molecule has 0 aliphatic rings. The Morgan fingerprint density at radius 3 is 2.80 bits per heavy atom. The molecule has 3 aromatic rings. The number of fused-ring (bicyclic) bond motifs is 1. The number of hydrogen-bond acceptors (Lipinski definition) is 3. The zero-order valence-electron chi connectivity index (χ0n) is 10.5. The maximum Gasteiger partial charge on any atom is 0.335 e. The number of carbonyl (C=O) groups is 1. The van der Waals surface area contributed by atoms with E-state index in [9.17, 15) is 4.79 Å². The van der Waals surface area contributed by atoms with E-state index in [2.05, 4.69) is 10.4 Å². The van der Waals surface area contributed by atoms with Crippen LogP contribution in [-0.2, 0) is 0 Å². The van der Waals surface area contributed by atoms with Crippen LogP contribution in [0.4, 0.5) is 0 Å². The monoisotopic (exact) mass is 281 g/mol. The van der Waals surface area contributed by atoms with Crippen LogP contribution in [0.25, 0.3) is 23.1 Å². The smallest absolute Gasteiger partial charge is 0.335 e. The summed E-state index contributed by atoms with van der Waals surface area (Å²) in [6, 6.07) is 10.8. The first-order chi connectivity index (χ1) is 9.72. The van der Waals surface area contributed by atoms with Gasteiger partial charge in [0.25, 0.3) is 0 Å². The Morgan fingerprint density at radius 1 is 1.15 bits per heavy atom. The van der Waals surface area contributed by atoms with Gasteiger partial charge in [-0.1, -0.05) is 12.1 Å². The average Bonchev–Trinajstić information content (AvgIpc) is 2.97. The Bertz CT molecular complexity index is 791. The summed E-state index contributed by atoms with van der Waals surface area (Å²) in [6.45, 7) is 0. The number of hydrogen-bond donors (Lipinski definition) is 1. The van der Waals surface area contributed by atoms with Gasteiger partial charge in [-0.3, -0.25) is 0 Å². The first-order valence-corrected chi connectivity index (χ1v) is 7.01. The second-order valence-electron chi connectivity index (χ2n) is 4.34. The van der Waals surface area contributed by atoms with Gasteiger partial charge >= 0.3 is 5.97 Å². The molecule has 0 radical (unpaired) electrons. The summed E-state index contributed by atoms with van der Waals surface area (Å²) >= 11 is 1.65. The van der Waals surface area contributed by atoms with Crippen LogP contribution in [0.2, 0.25) is 0 Å². The molecular formula is C16H11NO2S. The van der Waals surface area contributed by atoms with Crippen molar-refractivity contribution < 1.29 is 9.90 Å². The maximum atomic E-state index is 10.9. The molecule has 2 heterocycles. The molecule has 3 nitrogen and oxygen atoms in total. The van der Waals surface area contributed by atoms with Gasteiger partial charge in [-0.2, -0.15) is 11.3 Å². The van der Waals surface area contributed by atoms with Gasteiger partial charge in [-0.05, 0) is 52.7 Å². The number of carboxylic acid groups (broad SMARTS) is 1. The zero-order valence-corrected chi connectivity index (χ0v) is 11.3. The van der Waals surface area contributed by atoms with Gasteiger partial charge < -0.3 is 5.11 Å². The summed E-state index contributed by atoms with van der Waals surface area (Å²) in [5, 5.41) is 13.9. The number of aromatic carboxylic acids is 1. The number of benzene rings is 1. The van der Waals surface area contributed by atoms with Crippen molar-refractivity contribution in [3.8, 4) is 0 Å². The number of nitrogens with zero attached hydrogens (tertiary/aromatic N) is 1. The van der Waals surface area contributed by atoms with Crippen LogP contribution in [-0.4, -0.2) is 16.1 Å². The summed E-state index contributed by atoms with van der Waals surface area (Å²) in [5.74, 6) is -0.923. The normalized spacial score (nSPS) is 11.2. The molecule has 0 aliphatic heterocycles. The molecular weight excluding hydrogens is 270 g/mol. The second-order valence-corrected chi connectivity index (χ2v) is 5.12. The quantitative estimate of drug-likeness (QED) is 0.784. The van der Waals surface area contributed by atoms with Gasteiger partial charge in [-0.15, -0.1) is 0 Å². The lowest BCUT2D eigenvalue weighted by atomic mass is 10.1. The molecule has 0 aliphatic carbocycles. The summed E-state index contributed by atoms with van der Waals surface area (Å²) in [7, 11) is 0. The third-order valence-corrected chi connectivity index (χ3v) is 3.65. The number of pyridine rings is 1. The summed E-state index contributed by atoms with van der Waals surface area (Å²) in [5.41, 5.74) is 3.08. The fraction of sp³-hybridized carbons (Fsp3) is 0. The Balaban J connectivity index is 1.95. The molecule has 3 rings (SSSR count). The Morgan fingerprint density at radius 2 is 2.05 bits per heavy atom. The van der Waals surface area contributed by atoms with Crippen LogP contribution in [0.15, 0.2) is 47.2 Å². The minimum Gasteiger partial charge on any atom is -0.478 e. The third-order valence-electron chi connectivity index (χ3n) is 2.95. The fourth-order valence-electron chi connectivity index (χ4n) is 1.92. The minimum absolute atomic E-state index is 0.279. The third kappa shape index (κ3) is 2.60. The second kappa shape index (κ2) is 5.27. The van der Waals surface area contributed by atoms with Crippen molar-refractivity contribution in [2.75, 3.05) is 0 Å². The van der Waals surface area contributed by atoms with E-state index in [0.717, 1.165) is 22.2 Å². The van der Waals surface area contributed by atoms with Gasteiger partial charge in [0.05, 0.1) is 16.8 Å². The molecule has 20 heavy (non-hydrogen) atoms. The molecule has 4 heteroatoms. The highest BCUT2D eigenvalue weighted by atomic mass is 32.1. The van der Waals surface area contributed by atoms with Crippen molar-refractivity contribution in [1.29, 1.82) is 0 Å². The number of aromatic nitrogens is 1. The van der Waals surface area contributed by atoms with E-state index in [1.54, 1.807) is 29.5 Å². The van der Waals surface area contributed by atoms with E-state index in [0.29, 0.717) is 0 Å². The minimum atomic E-state index is -0.923. The molecule has 0 unspecified atom stereocenters. The standard InChI is InChI=1S/C16H11NO2S/c18-16(19)13-3-6-15-12(9-13)2-5-14(17-15)4-1-11-7-8-20-10-11/h1-10H,(H,18,19)/b4-1+. The van der Waals surface area contributed by atoms with E-state index in [4.69, 9.17) is 5.11 Å². The lowest BCUT2D eigenvalue weighted by Gasteiger charge is -2.00. The number of thiophene rings is 1. The van der Waals surface area contributed by atoms with Gasteiger partial charge in [0, 0.05) is 5.39 Å². The van der Waals surface area contributed by atoms with Gasteiger partial charge in [0.2, 0.25) is 0 Å². The predicted molar refractivity (Wildman–Crippen MR) is 81.9 cm³/mol. The fourth-order valence-corrected chi connectivity index (χ4v) is 2.55. The van der Waals surface area contributed by atoms with E-state index in [1.807, 2.05) is 35.7 Å². The van der Waals surface area contributed by atoms with Crippen molar-refractivity contribution in [1.82, 2.24) is 4.98 Å². The molecule has 0 saturated carbocycles. The van der Waals surface area contributed by atoms with Crippen molar-refractivity contribution >= 4 is 40.4 Å². The molecule has 98 valence electrons. The molecule has 0 amide bonds. The molecule has 0 bridgehead atoms. The summed E-state index contributed by atoms with van der Waals surface area (Å²) < 4.78 is 0. The van der Waals surface area contributed by atoms with Gasteiger partial charge in [0.1, 0.15) is 0 Å². The molecule has 0 atom stereocenters. The van der Waals surface area contributed by atoms with Gasteiger partial charge in [-0.25, -0.2) is 9.78 Å². The maximum absolute atomic E-state index is 10.9. The van der Waals surface area contributed by atoms with E-state index >= 15 is 0 Å². The average molecular weight is 281 g/mol. The SMILES string of the molecule is O=C(O)c1ccc2nc(/C=C/c3ccsc3)ccc2c1. The summed E-state index contributed by atoms with van der Waals surface area (Å²) in [6.07, 6.45) is 3.96. The lowest BCUT2D eigenvalue weighted by molar-refractivity contribution is 0.0697. The molecule has 0 fully saturated rings. The number of carboxylic acids is 1. The molecule has 1 N–H and O–H groups in total. The summed E-state index contributed by atoms with van der Waals surface area (Å²) in [4.78, 5) is 15.4. The first-order valence-electron chi connectivity index (χ1n) is 6.07. The highest BCUT2D eigenvalue weighted by molar-refractivity contribution is 7.08. The lowest BCUT2D eigenvalue weighted by Crippen LogP contribution is -1.95. The Labute approximate surface area is 119 Å². The van der Waals surface area contributed by atoms with Crippen molar-refractivity contribution in [2.45, 2.75) is 0 Å². The molecule has 0 spiro atoms. The van der Waals surface area contributed by atoms with Crippen LogP contribution in [0.1, 0.15) is 21.6 Å². The molecule has 2 aromatic heterocycles. The predicted octanol–water partition coefficient (Wildman–Crippen LogP) is 4.16. The van der Waals surface area contributed by atoms with Crippen LogP contribution < -0.4 is 0 Å². The number of rotatable bonds is 3. The highest BCUT2D eigenvalue weighted by Gasteiger charge is 2.04. The largest absolute Gasteiger partial charge is 0.478 e. The van der Waals surface area contributed by atoms with Crippen LogP contribution in [0.3, 0.4) is 0 Å². The van der Waals surface area contributed by atoms with Crippen LogP contribution in [0.5, 0.6) is 0 Å². The van der Waals surface area contributed by atoms with E-state index < -0.39 is 5.97 Å². The zero-order chi connectivity index (χ0) is 13.9. The van der Waals surface area contributed by atoms with E-state index in [1.165, 1.54) is 0 Å². The molecule has 1 aromatic carbocycles. The molecule has 0 saturated heterocycles. The first kappa shape index (κ1) is 12.6. The van der Waals surface area contributed by atoms with Crippen molar-refractivity contribution in [3.63, 3.8) is 0 Å². The Hall–Kier alpha value is -2.46. The van der Waals surface area contributed by atoms with Crippen LogP contribution in [0, 0.1) is 0 Å². The Kier molecular flexibility index (Phi) is 3.31. The van der Waals surface area contributed by atoms with Crippen molar-refractivity contribution in [2.24, 2.45) is 0 Å².